The Bertz CT molecular complexity index is 432. The molecule has 0 atom stereocenters. The standard InChI is InChI=1S/C14H21N3O2/c1-15-11-6-7-16-13(10-11)14(19)17(8-3-9-18)12-4-2-5-12/h6-7,10,12,18H,2-5,8-9H2,1H3,(H,15,16). The minimum Gasteiger partial charge on any atom is -0.396 e. The van der Waals surface area contributed by atoms with E-state index in [2.05, 4.69) is 10.3 Å². The van der Waals surface area contributed by atoms with E-state index in [0.29, 0.717) is 24.7 Å². The van der Waals surface area contributed by atoms with Gasteiger partial charge < -0.3 is 15.3 Å². The number of aromatic nitrogens is 1. The first-order valence-corrected chi connectivity index (χ1v) is 6.82. The zero-order valence-corrected chi connectivity index (χ0v) is 11.3. The van der Waals surface area contributed by atoms with E-state index >= 15 is 0 Å². The lowest BCUT2D eigenvalue weighted by molar-refractivity contribution is 0.0556. The van der Waals surface area contributed by atoms with Crippen molar-refractivity contribution in [3.8, 4) is 0 Å². The number of carbonyl (C=O) groups excluding carboxylic acids is 1. The highest BCUT2D eigenvalue weighted by Gasteiger charge is 2.29. The number of pyridine rings is 1. The molecule has 0 aliphatic heterocycles. The molecule has 0 aromatic carbocycles. The van der Waals surface area contributed by atoms with E-state index < -0.39 is 0 Å². The monoisotopic (exact) mass is 263 g/mol. The van der Waals surface area contributed by atoms with Crippen LogP contribution in [0.5, 0.6) is 0 Å². The summed E-state index contributed by atoms with van der Waals surface area (Å²) in [4.78, 5) is 18.5. The van der Waals surface area contributed by atoms with E-state index in [1.54, 1.807) is 12.3 Å². The lowest BCUT2D eigenvalue weighted by atomic mass is 9.91. The fourth-order valence-electron chi connectivity index (χ4n) is 2.24. The Morgan fingerprint density at radius 2 is 2.37 bits per heavy atom. The van der Waals surface area contributed by atoms with Crippen LogP contribution in [0.4, 0.5) is 5.69 Å². The summed E-state index contributed by atoms with van der Waals surface area (Å²) in [5.74, 6) is -0.0322. The van der Waals surface area contributed by atoms with Gasteiger partial charge in [0.25, 0.3) is 5.91 Å². The molecule has 104 valence electrons. The predicted molar refractivity (Wildman–Crippen MR) is 74.2 cm³/mol. The summed E-state index contributed by atoms with van der Waals surface area (Å²) in [6.07, 6.45) is 5.56. The van der Waals surface area contributed by atoms with Gasteiger partial charge in [0.2, 0.25) is 0 Å². The Balaban J connectivity index is 2.12. The van der Waals surface area contributed by atoms with Gasteiger partial charge in [-0.1, -0.05) is 0 Å². The molecule has 1 aliphatic carbocycles. The van der Waals surface area contributed by atoms with Gasteiger partial charge in [-0.25, -0.2) is 0 Å². The average Bonchev–Trinajstić information content (AvgIpc) is 2.40. The molecule has 1 saturated carbocycles. The van der Waals surface area contributed by atoms with E-state index in [0.717, 1.165) is 18.5 Å². The number of aliphatic hydroxyl groups is 1. The van der Waals surface area contributed by atoms with Gasteiger partial charge in [-0.3, -0.25) is 9.78 Å². The quantitative estimate of drug-likeness (QED) is 0.816. The number of carbonyl (C=O) groups is 1. The third-order valence-electron chi connectivity index (χ3n) is 3.60. The van der Waals surface area contributed by atoms with Crippen LogP contribution >= 0.6 is 0 Å². The van der Waals surface area contributed by atoms with Crippen LogP contribution in [0.2, 0.25) is 0 Å². The second kappa shape index (κ2) is 6.52. The smallest absolute Gasteiger partial charge is 0.272 e. The summed E-state index contributed by atoms with van der Waals surface area (Å²) in [7, 11) is 1.82. The molecule has 1 amide bonds. The molecule has 1 heterocycles. The van der Waals surface area contributed by atoms with Crippen molar-refractivity contribution in [2.45, 2.75) is 31.7 Å². The first-order valence-electron chi connectivity index (χ1n) is 6.82. The molecule has 2 rings (SSSR count). The van der Waals surface area contributed by atoms with Gasteiger partial charge in [-0.2, -0.15) is 0 Å². The van der Waals surface area contributed by atoms with Crippen LogP contribution < -0.4 is 5.32 Å². The zero-order chi connectivity index (χ0) is 13.7. The summed E-state index contributed by atoms with van der Waals surface area (Å²) in [5.41, 5.74) is 1.35. The highest BCUT2D eigenvalue weighted by molar-refractivity contribution is 5.93. The summed E-state index contributed by atoms with van der Waals surface area (Å²) in [5, 5.41) is 12.0. The predicted octanol–water partition coefficient (Wildman–Crippen LogP) is 1.50. The maximum absolute atomic E-state index is 12.5. The van der Waals surface area contributed by atoms with Gasteiger partial charge in [0.05, 0.1) is 0 Å². The number of rotatable bonds is 6. The molecule has 1 aromatic heterocycles. The van der Waals surface area contributed by atoms with Crippen molar-refractivity contribution in [3.63, 3.8) is 0 Å². The Hall–Kier alpha value is -1.62. The number of nitrogens with zero attached hydrogens (tertiary/aromatic N) is 2. The number of amides is 1. The summed E-state index contributed by atoms with van der Waals surface area (Å²) >= 11 is 0. The maximum atomic E-state index is 12.5. The Kier molecular flexibility index (Phi) is 4.74. The second-order valence-electron chi connectivity index (χ2n) is 4.84. The SMILES string of the molecule is CNc1ccnc(C(=O)N(CCCO)C2CCC2)c1. The molecule has 1 aromatic rings. The van der Waals surface area contributed by atoms with Crippen LogP contribution in [0.3, 0.4) is 0 Å². The topological polar surface area (TPSA) is 65.5 Å². The first kappa shape index (κ1) is 13.8. The lowest BCUT2D eigenvalue weighted by Gasteiger charge is -2.37. The highest BCUT2D eigenvalue weighted by Crippen LogP contribution is 2.26. The molecule has 1 fully saturated rings. The fraction of sp³-hybridized carbons (Fsp3) is 0.571. The zero-order valence-electron chi connectivity index (χ0n) is 11.3. The number of nitrogens with one attached hydrogen (secondary N) is 1. The molecule has 5 nitrogen and oxygen atoms in total. The molecule has 0 saturated heterocycles. The van der Waals surface area contributed by atoms with Crippen LogP contribution in [0.25, 0.3) is 0 Å². The van der Waals surface area contributed by atoms with Crippen LogP contribution in [0, 0.1) is 0 Å². The number of aliphatic hydroxyl groups excluding tert-OH is 1. The van der Waals surface area contributed by atoms with Gasteiger partial charge in [-0.05, 0) is 37.8 Å². The van der Waals surface area contributed by atoms with E-state index in [1.165, 1.54) is 6.42 Å². The maximum Gasteiger partial charge on any atom is 0.272 e. The molecular weight excluding hydrogens is 242 g/mol. The van der Waals surface area contributed by atoms with Crippen molar-refractivity contribution >= 4 is 11.6 Å². The van der Waals surface area contributed by atoms with Crippen molar-refractivity contribution < 1.29 is 9.90 Å². The van der Waals surface area contributed by atoms with E-state index in [4.69, 9.17) is 5.11 Å². The van der Waals surface area contributed by atoms with Crippen molar-refractivity contribution in [1.82, 2.24) is 9.88 Å². The van der Waals surface area contributed by atoms with Gasteiger partial charge >= 0.3 is 0 Å². The third kappa shape index (κ3) is 3.23. The van der Waals surface area contributed by atoms with Crippen molar-refractivity contribution in [3.05, 3.63) is 24.0 Å². The number of hydrogen-bond donors (Lipinski definition) is 2. The van der Waals surface area contributed by atoms with Gasteiger partial charge in [0, 0.05) is 38.1 Å². The molecule has 0 unspecified atom stereocenters. The summed E-state index contributed by atoms with van der Waals surface area (Å²) in [6, 6.07) is 3.92. The van der Waals surface area contributed by atoms with Gasteiger partial charge in [0.1, 0.15) is 5.69 Å². The van der Waals surface area contributed by atoms with E-state index in [-0.39, 0.29) is 12.5 Å². The average molecular weight is 263 g/mol. The van der Waals surface area contributed by atoms with Gasteiger partial charge in [0.15, 0.2) is 0 Å². The Morgan fingerprint density at radius 1 is 1.58 bits per heavy atom. The van der Waals surface area contributed by atoms with Crippen LogP contribution in [-0.2, 0) is 0 Å². The summed E-state index contributed by atoms with van der Waals surface area (Å²) in [6.45, 7) is 0.714. The molecule has 0 radical (unpaired) electrons. The number of anilines is 1. The van der Waals surface area contributed by atoms with Crippen LogP contribution in [-0.4, -0.2) is 47.1 Å². The Labute approximate surface area is 113 Å². The van der Waals surface area contributed by atoms with Crippen molar-refractivity contribution in [1.29, 1.82) is 0 Å². The highest BCUT2D eigenvalue weighted by atomic mass is 16.3. The normalized spacial score (nSPS) is 14.8. The van der Waals surface area contributed by atoms with Crippen molar-refractivity contribution in [2.75, 3.05) is 25.5 Å². The summed E-state index contributed by atoms with van der Waals surface area (Å²) < 4.78 is 0. The van der Waals surface area contributed by atoms with Gasteiger partial charge in [-0.15, -0.1) is 0 Å². The largest absolute Gasteiger partial charge is 0.396 e. The van der Waals surface area contributed by atoms with E-state index in [9.17, 15) is 4.79 Å². The molecule has 2 N–H and O–H groups in total. The molecule has 0 spiro atoms. The molecule has 1 aliphatic rings. The minimum atomic E-state index is -0.0322. The molecule has 19 heavy (non-hydrogen) atoms. The molecular formula is C14H21N3O2. The van der Waals surface area contributed by atoms with Crippen LogP contribution in [0.15, 0.2) is 18.3 Å². The van der Waals surface area contributed by atoms with E-state index in [1.807, 2.05) is 18.0 Å². The fourth-order valence-corrected chi connectivity index (χ4v) is 2.24. The van der Waals surface area contributed by atoms with Crippen LogP contribution in [0.1, 0.15) is 36.2 Å². The Morgan fingerprint density at radius 3 is 2.95 bits per heavy atom. The van der Waals surface area contributed by atoms with Crippen molar-refractivity contribution in [2.24, 2.45) is 0 Å². The molecule has 0 bridgehead atoms. The minimum absolute atomic E-state index is 0.0322. The lowest BCUT2D eigenvalue weighted by Crippen LogP contribution is -2.45. The first-order chi connectivity index (χ1) is 9.26. The number of hydrogen-bond acceptors (Lipinski definition) is 4. The second-order valence-corrected chi connectivity index (χ2v) is 4.84. The third-order valence-corrected chi connectivity index (χ3v) is 3.60. The molecule has 5 heteroatoms.